The van der Waals surface area contributed by atoms with Gasteiger partial charge in [0.25, 0.3) is 0 Å². The van der Waals surface area contributed by atoms with Crippen molar-refractivity contribution in [3.8, 4) is 5.75 Å². The molecule has 23 heavy (non-hydrogen) atoms. The van der Waals surface area contributed by atoms with Crippen LogP contribution in [0.3, 0.4) is 0 Å². The lowest BCUT2D eigenvalue weighted by Crippen LogP contribution is -2.16. The van der Waals surface area contributed by atoms with Crippen molar-refractivity contribution in [2.75, 3.05) is 0 Å². The molecule has 0 saturated carbocycles. The third kappa shape index (κ3) is 11.2. The van der Waals surface area contributed by atoms with Crippen molar-refractivity contribution in [1.82, 2.24) is 0 Å². The number of hydrogen-bond donors (Lipinski definition) is 0. The van der Waals surface area contributed by atoms with E-state index in [1.165, 1.54) is 83.5 Å². The van der Waals surface area contributed by atoms with E-state index in [1.54, 1.807) is 0 Å². The molecule has 0 radical (unpaired) electrons. The molecule has 0 N–H and O–H groups in total. The van der Waals surface area contributed by atoms with Gasteiger partial charge in [-0.15, -0.1) is 0 Å². The fourth-order valence-corrected chi connectivity index (χ4v) is 3.07. The third-order valence-corrected chi connectivity index (χ3v) is 4.56. The molecule has 1 unspecified atom stereocenters. The Hall–Kier alpha value is -0.980. The van der Waals surface area contributed by atoms with Crippen molar-refractivity contribution in [2.24, 2.45) is 0 Å². The third-order valence-electron chi connectivity index (χ3n) is 4.56. The average molecular weight is 319 g/mol. The summed E-state index contributed by atoms with van der Waals surface area (Å²) in [7, 11) is 0. The van der Waals surface area contributed by atoms with E-state index in [0.29, 0.717) is 6.10 Å². The van der Waals surface area contributed by atoms with E-state index in [9.17, 15) is 0 Å². The van der Waals surface area contributed by atoms with Gasteiger partial charge in [-0.25, -0.2) is 0 Å². The molecule has 0 aromatic heterocycles. The zero-order valence-corrected chi connectivity index (χ0v) is 15.6. The van der Waals surface area contributed by atoms with Crippen LogP contribution < -0.4 is 4.74 Å². The second kappa shape index (κ2) is 14.6. The summed E-state index contributed by atoms with van der Waals surface area (Å²) in [5, 5.41) is 0. The highest BCUT2D eigenvalue weighted by atomic mass is 16.5. The Morgan fingerprint density at radius 3 is 1.78 bits per heavy atom. The summed E-state index contributed by atoms with van der Waals surface area (Å²) >= 11 is 0. The topological polar surface area (TPSA) is 9.23 Å². The number of unbranched alkanes of at least 4 members (excludes halogenated alkanes) is 9. The quantitative estimate of drug-likeness (QED) is 0.303. The lowest BCUT2D eigenvalue weighted by Gasteiger charge is -2.19. The molecule has 0 saturated heterocycles. The Bertz CT molecular complexity index is 346. The zero-order chi connectivity index (χ0) is 16.6. The minimum absolute atomic E-state index is 0.405. The smallest absolute Gasteiger partial charge is 0.119 e. The van der Waals surface area contributed by atoms with Gasteiger partial charge in [0.2, 0.25) is 0 Å². The Morgan fingerprint density at radius 2 is 1.17 bits per heavy atom. The summed E-state index contributed by atoms with van der Waals surface area (Å²) in [4.78, 5) is 0. The molecule has 0 aliphatic rings. The van der Waals surface area contributed by atoms with Crippen LogP contribution >= 0.6 is 0 Å². The molecule has 0 spiro atoms. The average Bonchev–Trinajstić information content (AvgIpc) is 2.59. The first-order valence-corrected chi connectivity index (χ1v) is 10.1. The molecule has 0 heterocycles. The number of rotatable bonds is 15. The van der Waals surface area contributed by atoms with Gasteiger partial charge in [-0.3, -0.25) is 0 Å². The van der Waals surface area contributed by atoms with Crippen LogP contribution in [0.1, 0.15) is 97.3 Å². The molecule has 0 aliphatic heterocycles. The monoisotopic (exact) mass is 318 g/mol. The summed E-state index contributed by atoms with van der Waals surface area (Å²) in [5.41, 5.74) is 0. The highest BCUT2D eigenvalue weighted by molar-refractivity contribution is 5.21. The molecule has 1 nitrogen and oxygen atoms in total. The maximum atomic E-state index is 6.19. The van der Waals surface area contributed by atoms with Gasteiger partial charge in [0, 0.05) is 0 Å². The minimum Gasteiger partial charge on any atom is -0.490 e. The van der Waals surface area contributed by atoms with E-state index in [-0.39, 0.29) is 0 Å². The summed E-state index contributed by atoms with van der Waals surface area (Å²) < 4.78 is 6.19. The lowest BCUT2D eigenvalue weighted by molar-refractivity contribution is 0.173. The maximum Gasteiger partial charge on any atom is 0.119 e. The van der Waals surface area contributed by atoms with Crippen LogP contribution in [0.2, 0.25) is 0 Å². The Morgan fingerprint density at radius 1 is 0.652 bits per heavy atom. The maximum absolute atomic E-state index is 6.19. The molecule has 1 aromatic rings. The van der Waals surface area contributed by atoms with Crippen LogP contribution in [-0.2, 0) is 0 Å². The Labute approximate surface area is 144 Å². The summed E-state index contributed by atoms with van der Waals surface area (Å²) in [5.74, 6) is 1.03. The minimum atomic E-state index is 0.405. The van der Waals surface area contributed by atoms with Gasteiger partial charge in [-0.05, 0) is 31.4 Å². The van der Waals surface area contributed by atoms with Gasteiger partial charge in [-0.2, -0.15) is 0 Å². The lowest BCUT2D eigenvalue weighted by atomic mass is 10.0. The fourth-order valence-electron chi connectivity index (χ4n) is 3.07. The highest BCUT2D eigenvalue weighted by Crippen LogP contribution is 2.19. The van der Waals surface area contributed by atoms with Crippen molar-refractivity contribution < 1.29 is 4.74 Å². The standard InChI is InChI=1S/C22H38O/c1-3-5-7-8-9-10-11-12-14-18-21(17-6-4-2)23-22-19-15-13-16-20-22/h13,15-16,19-21H,3-12,14,17-18H2,1-2H3. The van der Waals surface area contributed by atoms with Crippen LogP contribution in [0.5, 0.6) is 5.75 Å². The Balaban J connectivity index is 2.11. The van der Waals surface area contributed by atoms with E-state index >= 15 is 0 Å². The van der Waals surface area contributed by atoms with Crippen LogP contribution in [0.4, 0.5) is 0 Å². The molecule has 1 rings (SSSR count). The number of para-hydroxylation sites is 1. The van der Waals surface area contributed by atoms with Crippen LogP contribution in [-0.4, -0.2) is 6.10 Å². The first-order chi connectivity index (χ1) is 11.4. The van der Waals surface area contributed by atoms with E-state index < -0.39 is 0 Å². The largest absolute Gasteiger partial charge is 0.490 e. The fraction of sp³-hybridized carbons (Fsp3) is 0.727. The summed E-state index contributed by atoms with van der Waals surface area (Å²) in [6.45, 7) is 4.55. The van der Waals surface area contributed by atoms with Gasteiger partial charge in [0.1, 0.15) is 5.75 Å². The Kier molecular flexibility index (Phi) is 12.7. The van der Waals surface area contributed by atoms with Crippen LogP contribution in [0.25, 0.3) is 0 Å². The molecule has 132 valence electrons. The molecular formula is C22H38O. The van der Waals surface area contributed by atoms with E-state index in [2.05, 4.69) is 44.2 Å². The predicted octanol–water partition coefficient (Wildman–Crippen LogP) is 7.55. The molecule has 0 amide bonds. The van der Waals surface area contributed by atoms with Crippen molar-refractivity contribution in [3.63, 3.8) is 0 Å². The van der Waals surface area contributed by atoms with Crippen molar-refractivity contribution in [2.45, 2.75) is 103 Å². The number of benzene rings is 1. The SMILES string of the molecule is CCCCCCCCCCCC(CCCC)Oc1ccccc1. The summed E-state index contributed by atoms with van der Waals surface area (Å²) in [6, 6.07) is 10.3. The molecule has 0 aliphatic carbocycles. The molecular weight excluding hydrogens is 280 g/mol. The van der Waals surface area contributed by atoms with Crippen molar-refractivity contribution >= 4 is 0 Å². The second-order valence-electron chi connectivity index (χ2n) is 6.81. The summed E-state index contributed by atoms with van der Waals surface area (Å²) in [6.07, 6.45) is 17.9. The van der Waals surface area contributed by atoms with Crippen molar-refractivity contribution in [1.29, 1.82) is 0 Å². The zero-order valence-electron chi connectivity index (χ0n) is 15.6. The normalized spacial score (nSPS) is 12.3. The predicted molar refractivity (Wildman–Crippen MR) is 102 cm³/mol. The molecule has 1 aromatic carbocycles. The van der Waals surface area contributed by atoms with E-state index in [1.807, 2.05) is 0 Å². The van der Waals surface area contributed by atoms with Gasteiger partial charge in [0.15, 0.2) is 0 Å². The number of hydrogen-bond acceptors (Lipinski definition) is 1. The first kappa shape index (κ1) is 20.1. The number of ether oxygens (including phenoxy) is 1. The van der Waals surface area contributed by atoms with Crippen LogP contribution in [0.15, 0.2) is 30.3 Å². The highest BCUT2D eigenvalue weighted by Gasteiger charge is 2.09. The van der Waals surface area contributed by atoms with Crippen LogP contribution in [0, 0.1) is 0 Å². The van der Waals surface area contributed by atoms with Gasteiger partial charge < -0.3 is 4.74 Å². The van der Waals surface area contributed by atoms with E-state index in [0.717, 1.165) is 5.75 Å². The molecule has 0 bridgehead atoms. The van der Waals surface area contributed by atoms with Gasteiger partial charge in [0.05, 0.1) is 6.10 Å². The van der Waals surface area contributed by atoms with Gasteiger partial charge >= 0.3 is 0 Å². The molecule has 1 heteroatoms. The molecule has 0 fully saturated rings. The first-order valence-electron chi connectivity index (χ1n) is 10.1. The van der Waals surface area contributed by atoms with Crippen molar-refractivity contribution in [3.05, 3.63) is 30.3 Å². The van der Waals surface area contributed by atoms with E-state index in [4.69, 9.17) is 4.74 Å². The van der Waals surface area contributed by atoms with Gasteiger partial charge in [-0.1, -0.05) is 96.3 Å². The second-order valence-corrected chi connectivity index (χ2v) is 6.81. The molecule has 1 atom stereocenters.